The number of carbonyl (C=O) groups is 3. The quantitative estimate of drug-likeness (QED) is 0.0262. The minimum absolute atomic E-state index is 0.0931. The monoisotopic (exact) mass is 917 g/mol. The second-order valence-corrected chi connectivity index (χ2v) is 17.8. The Labute approximate surface area is 407 Å². The number of allylic oxidation sites excluding steroid dienone is 16. The number of unbranched alkanes of at least 4 members (excludes halogenated alkanes) is 21. The molecule has 0 N–H and O–H groups in total. The van der Waals surface area contributed by atoms with E-state index in [-0.39, 0.29) is 31.1 Å². The number of esters is 3. The van der Waals surface area contributed by atoms with E-state index in [0.29, 0.717) is 19.3 Å². The van der Waals surface area contributed by atoms with Crippen molar-refractivity contribution in [1.82, 2.24) is 0 Å². The van der Waals surface area contributed by atoms with Crippen LogP contribution in [-0.4, -0.2) is 37.2 Å². The zero-order valence-electron chi connectivity index (χ0n) is 42.9. The lowest BCUT2D eigenvalue weighted by Gasteiger charge is -2.18. The Hall–Kier alpha value is -3.67. The maximum atomic E-state index is 12.8. The molecule has 0 aromatic carbocycles. The summed E-state index contributed by atoms with van der Waals surface area (Å²) >= 11 is 0. The standard InChI is InChI=1S/C60H100O6/c1-4-7-10-13-16-19-22-24-26-28-30-32-34-36-38-41-44-47-50-53-59(62)65-56-57(55-64-58(61)52-49-46-43-40-21-18-15-12-9-6-3)66-60(63)54-51-48-45-42-39-37-35-33-31-29-27-25-23-20-17-14-11-8-5-2/h7,10,16-17,19-20,24-27,30-33,36,38,57H,4-6,8-9,11-15,18,21-23,28-29,34-35,37,39-56H2,1-3H3/b10-7-,19-16-,20-17-,26-24-,27-25-,32-30-,33-31-,38-36-/t57-/m1/s1. The van der Waals surface area contributed by atoms with Crippen molar-refractivity contribution >= 4 is 17.9 Å². The number of hydrogen-bond acceptors (Lipinski definition) is 6. The second-order valence-electron chi connectivity index (χ2n) is 17.8. The summed E-state index contributed by atoms with van der Waals surface area (Å²) in [6.07, 6.45) is 71.0. The molecule has 376 valence electrons. The molecule has 0 saturated heterocycles. The SMILES string of the molecule is CC/C=C\C/C=C\C/C=C\C/C=C\C/C=C\CCCCCC(=O)OC[C@@H](COC(=O)CCCCCCCCCCCC)OC(=O)CCCCCCCC/C=C\C/C=C\C/C=C\CCCCC. The predicted molar refractivity (Wildman–Crippen MR) is 284 cm³/mol. The molecule has 0 unspecified atom stereocenters. The van der Waals surface area contributed by atoms with Crippen molar-refractivity contribution in [3.8, 4) is 0 Å². The van der Waals surface area contributed by atoms with Crippen LogP contribution in [-0.2, 0) is 28.6 Å². The molecule has 6 heteroatoms. The van der Waals surface area contributed by atoms with Crippen LogP contribution in [0.2, 0.25) is 0 Å². The smallest absolute Gasteiger partial charge is 0.306 e. The van der Waals surface area contributed by atoms with Gasteiger partial charge >= 0.3 is 17.9 Å². The Morgan fingerprint density at radius 1 is 0.318 bits per heavy atom. The largest absolute Gasteiger partial charge is 0.462 e. The minimum atomic E-state index is -0.797. The highest BCUT2D eigenvalue weighted by Crippen LogP contribution is 2.14. The fourth-order valence-corrected chi connectivity index (χ4v) is 7.24. The Balaban J connectivity index is 4.43. The molecule has 0 rings (SSSR count). The molecule has 0 saturated carbocycles. The van der Waals surface area contributed by atoms with Crippen LogP contribution in [0.1, 0.15) is 245 Å². The van der Waals surface area contributed by atoms with Crippen molar-refractivity contribution in [2.24, 2.45) is 0 Å². The van der Waals surface area contributed by atoms with E-state index in [0.717, 1.165) is 122 Å². The van der Waals surface area contributed by atoms with E-state index < -0.39 is 6.10 Å². The van der Waals surface area contributed by atoms with Gasteiger partial charge in [0.2, 0.25) is 0 Å². The zero-order valence-corrected chi connectivity index (χ0v) is 42.9. The van der Waals surface area contributed by atoms with Crippen LogP contribution >= 0.6 is 0 Å². The molecule has 0 amide bonds. The van der Waals surface area contributed by atoms with Gasteiger partial charge in [-0.3, -0.25) is 14.4 Å². The molecular weight excluding hydrogens is 817 g/mol. The molecular formula is C60H100O6. The third kappa shape index (κ3) is 51.3. The first kappa shape index (κ1) is 62.3. The van der Waals surface area contributed by atoms with E-state index in [1.165, 1.54) is 83.5 Å². The van der Waals surface area contributed by atoms with E-state index in [2.05, 4.69) is 118 Å². The predicted octanol–water partition coefficient (Wildman–Crippen LogP) is 18.1. The van der Waals surface area contributed by atoms with Crippen molar-refractivity contribution in [3.05, 3.63) is 97.2 Å². The van der Waals surface area contributed by atoms with Gasteiger partial charge in [-0.15, -0.1) is 0 Å². The Morgan fingerprint density at radius 2 is 0.591 bits per heavy atom. The Bertz CT molecular complexity index is 1330. The fraction of sp³-hybridized carbons (Fsp3) is 0.683. The molecule has 0 aromatic heterocycles. The highest BCUT2D eigenvalue weighted by atomic mass is 16.6. The van der Waals surface area contributed by atoms with Gasteiger partial charge in [-0.1, -0.05) is 221 Å². The normalized spacial score (nSPS) is 12.8. The first-order valence-corrected chi connectivity index (χ1v) is 27.2. The van der Waals surface area contributed by atoms with Gasteiger partial charge in [0.05, 0.1) is 0 Å². The van der Waals surface area contributed by atoms with Crippen molar-refractivity contribution in [2.45, 2.75) is 252 Å². The molecule has 0 aliphatic rings. The summed E-state index contributed by atoms with van der Waals surface area (Å²) in [5, 5.41) is 0. The third-order valence-electron chi connectivity index (χ3n) is 11.3. The fourth-order valence-electron chi connectivity index (χ4n) is 7.24. The van der Waals surface area contributed by atoms with Crippen molar-refractivity contribution in [1.29, 1.82) is 0 Å². The molecule has 66 heavy (non-hydrogen) atoms. The average Bonchev–Trinajstić information content (AvgIpc) is 3.31. The van der Waals surface area contributed by atoms with Crippen LogP contribution in [0.5, 0.6) is 0 Å². The molecule has 6 nitrogen and oxygen atoms in total. The van der Waals surface area contributed by atoms with E-state index >= 15 is 0 Å². The molecule has 0 heterocycles. The van der Waals surface area contributed by atoms with E-state index in [9.17, 15) is 14.4 Å². The summed E-state index contributed by atoms with van der Waals surface area (Å²) in [4.78, 5) is 38.0. The van der Waals surface area contributed by atoms with Crippen LogP contribution in [0.4, 0.5) is 0 Å². The highest BCUT2D eigenvalue weighted by Gasteiger charge is 2.19. The summed E-state index contributed by atoms with van der Waals surface area (Å²) in [5.41, 5.74) is 0. The van der Waals surface area contributed by atoms with Gasteiger partial charge in [-0.05, 0) is 103 Å². The number of ether oxygens (including phenoxy) is 3. The second kappa shape index (κ2) is 53.9. The summed E-state index contributed by atoms with van der Waals surface area (Å²) in [6.45, 7) is 6.44. The zero-order chi connectivity index (χ0) is 47.9. The van der Waals surface area contributed by atoms with Gasteiger partial charge in [-0.25, -0.2) is 0 Å². The Morgan fingerprint density at radius 3 is 0.970 bits per heavy atom. The van der Waals surface area contributed by atoms with Crippen LogP contribution in [0.15, 0.2) is 97.2 Å². The van der Waals surface area contributed by atoms with Crippen LogP contribution in [0, 0.1) is 0 Å². The molecule has 0 spiro atoms. The van der Waals surface area contributed by atoms with Gasteiger partial charge in [0.25, 0.3) is 0 Å². The maximum absolute atomic E-state index is 12.8. The van der Waals surface area contributed by atoms with Gasteiger partial charge in [0.15, 0.2) is 6.10 Å². The molecule has 0 bridgehead atoms. The third-order valence-corrected chi connectivity index (χ3v) is 11.3. The molecule has 0 aliphatic carbocycles. The summed E-state index contributed by atoms with van der Waals surface area (Å²) < 4.78 is 16.8. The van der Waals surface area contributed by atoms with Gasteiger partial charge < -0.3 is 14.2 Å². The van der Waals surface area contributed by atoms with Crippen LogP contribution < -0.4 is 0 Å². The summed E-state index contributed by atoms with van der Waals surface area (Å²) in [5.74, 6) is -0.941. The first-order valence-electron chi connectivity index (χ1n) is 27.2. The topological polar surface area (TPSA) is 78.9 Å². The van der Waals surface area contributed by atoms with E-state index in [1.54, 1.807) is 0 Å². The van der Waals surface area contributed by atoms with E-state index in [1.807, 2.05) is 0 Å². The van der Waals surface area contributed by atoms with Gasteiger partial charge in [0, 0.05) is 19.3 Å². The molecule has 0 aromatic rings. The summed E-state index contributed by atoms with van der Waals surface area (Å²) in [7, 11) is 0. The van der Waals surface area contributed by atoms with E-state index in [4.69, 9.17) is 14.2 Å². The maximum Gasteiger partial charge on any atom is 0.306 e. The van der Waals surface area contributed by atoms with Gasteiger partial charge in [0.1, 0.15) is 13.2 Å². The summed E-state index contributed by atoms with van der Waals surface area (Å²) in [6, 6.07) is 0. The van der Waals surface area contributed by atoms with Crippen molar-refractivity contribution in [3.63, 3.8) is 0 Å². The molecule has 1 atom stereocenters. The van der Waals surface area contributed by atoms with Crippen LogP contribution in [0.25, 0.3) is 0 Å². The number of carbonyl (C=O) groups excluding carboxylic acids is 3. The minimum Gasteiger partial charge on any atom is -0.462 e. The lowest BCUT2D eigenvalue weighted by atomic mass is 10.1. The molecule has 0 aliphatic heterocycles. The highest BCUT2D eigenvalue weighted by molar-refractivity contribution is 5.71. The van der Waals surface area contributed by atoms with Crippen molar-refractivity contribution in [2.75, 3.05) is 13.2 Å². The first-order chi connectivity index (χ1) is 32.5. The Kier molecular flexibility index (Phi) is 50.9. The van der Waals surface area contributed by atoms with Crippen LogP contribution in [0.3, 0.4) is 0 Å². The average molecular weight is 917 g/mol. The van der Waals surface area contributed by atoms with Gasteiger partial charge in [-0.2, -0.15) is 0 Å². The van der Waals surface area contributed by atoms with Crippen molar-refractivity contribution < 1.29 is 28.6 Å². The molecule has 0 fully saturated rings. The number of rotatable bonds is 48. The molecule has 0 radical (unpaired) electrons. The number of hydrogen-bond donors (Lipinski definition) is 0. The lowest BCUT2D eigenvalue weighted by Crippen LogP contribution is -2.30. The lowest BCUT2D eigenvalue weighted by molar-refractivity contribution is -0.167.